The Morgan fingerprint density at radius 3 is 2.60 bits per heavy atom. The van der Waals surface area contributed by atoms with E-state index in [9.17, 15) is 13.6 Å². The lowest BCUT2D eigenvalue weighted by Crippen LogP contribution is -2.12. The fourth-order valence-corrected chi connectivity index (χ4v) is 2.00. The first-order valence-corrected chi connectivity index (χ1v) is 7.37. The van der Waals surface area contributed by atoms with Crippen LogP contribution in [0.3, 0.4) is 0 Å². The summed E-state index contributed by atoms with van der Waals surface area (Å²) in [6.45, 7) is 1.75. The molecule has 0 aliphatic rings. The maximum atomic E-state index is 13.1. The van der Waals surface area contributed by atoms with Gasteiger partial charge in [0.2, 0.25) is 5.76 Å². The van der Waals surface area contributed by atoms with Gasteiger partial charge < -0.3 is 14.2 Å². The number of halogens is 3. The fraction of sp³-hybridized carbons (Fsp3) is 0.250. The highest BCUT2D eigenvalue weighted by molar-refractivity contribution is 6.21. The quantitative estimate of drug-likeness (QED) is 0.336. The normalized spacial score (nSPS) is 12.0. The van der Waals surface area contributed by atoms with Crippen molar-refractivity contribution in [2.24, 2.45) is 0 Å². The van der Waals surface area contributed by atoms with Crippen LogP contribution in [0.25, 0.3) is 5.69 Å². The number of carbonyl (C=O) groups is 1. The first-order valence-electron chi connectivity index (χ1n) is 6.99. The average Bonchev–Trinajstić information content (AvgIpc) is 3.06. The Morgan fingerprint density at radius 2 is 2.04 bits per heavy atom. The van der Waals surface area contributed by atoms with Gasteiger partial charge >= 0.3 is 11.4 Å². The van der Waals surface area contributed by atoms with Crippen LogP contribution in [0.15, 0.2) is 42.5 Å². The SMILES string of the molecule is CO/C=C(\Oc1cc(-n2ccc(C(F)(F)Cl)n2)ccc1C)C(=O)OC. The van der Waals surface area contributed by atoms with Gasteiger partial charge in [-0.1, -0.05) is 6.07 Å². The Balaban J connectivity index is 2.36. The molecule has 0 saturated heterocycles. The van der Waals surface area contributed by atoms with E-state index in [-0.39, 0.29) is 5.76 Å². The molecule has 0 bridgehead atoms. The van der Waals surface area contributed by atoms with Gasteiger partial charge in [-0.2, -0.15) is 13.9 Å². The van der Waals surface area contributed by atoms with E-state index >= 15 is 0 Å². The van der Waals surface area contributed by atoms with Crippen LogP contribution in [0.4, 0.5) is 8.78 Å². The molecule has 9 heteroatoms. The van der Waals surface area contributed by atoms with Crippen LogP contribution in [-0.2, 0) is 19.6 Å². The molecule has 0 aliphatic heterocycles. The molecule has 0 saturated carbocycles. The lowest BCUT2D eigenvalue weighted by molar-refractivity contribution is -0.138. The summed E-state index contributed by atoms with van der Waals surface area (Å²) in [6, 6.07) is 5.98. The number of aromatic nitrogens is 2. The predicted molar refractivity (Wildman–Crippen MR) is 85.8 cm³/mol. The van der Waals surface area contributed by atoms with Crippen molar-refractivity contribution in [3.05, 3.63) is 53.7 Å². The number of benzene rings is 1. The summed E-state index contributed by atoms with van der Waals surface area (Å²) in [7, 11) is 2.56. The van der Waals surface area contributed by atoms with Crippen LogP contribution in [0.5, 0.6) is 5.75 Å². The summed E-state index contributed by atoms with van der Waals surface area (Å²) < 4.78 is 42.3. The third-order valence-electron chi connectivity index (χ3n) is 3.15. The van der Waals surface area contributed by atoms with E-state index in [1.54, 1.807) is 19.1 Å². The molecule has 2 aromatic rings. The van der Waals surface area contributed by atoms with Crippen LogP contribution in [-0.4, -0.2) is 30.0 Å². The van der Waals surface area contributed by atoms with Gasteiger partial charge in [0.1, 0.15) is 17.7 Å². The highest BCUT2D eigenvalue weighted by Gasteiger charge is 2.31. The van der Waals surface area contributed by atoms with Crippen LogP contribution in [0, 0.1) is 6.92 Å². The number of methoxy groups -OCH3 is 2. The largest absolute Gasteiger partial charge is 0.500 e. The standard InChI is InChI=1S/C16H15ClF2N2O4/c1-10-4-5-11(21-7-6-14(20-21)16(17,18)19)8-12(10)25-13(9-23-2)15(22)24-3/h4-9H,1-3H3/b13-9-. The van der Waals surface area contributed by atoms with Gasteiger partial charge in [-0.05, 0) is 36.2 Å². The maximum absolute atomic E-state index is 13.1. The molecular weight excluding hydrogens is 358 g/mol. The molecule has 1 aromatic carbocycles. The Labute approximate surface area is 147 Å². The molecule has 0 N–H and O–H groups in total. The van der Waals surface area contributed by atoms with Crippen molar-refractivity contribution >= 4 is 17.6 Å². The van der Waals surface area contributed by atoms with Crippen molar-refractivity contribution in [2.75, 3.05) is 14.2 Å². The number of esters is 1. The van der Waals surface area contributed by atoms with E-state index in [1.807, 2.05) is 0 Å². The van der Waals surface area contributed by atoms with E-state index in [4.69, 9.17) is 21.1 Å². The van der Waals surface area contributed by atoms with Crippen molar-refractivity contribution < 1.29 is 27.8 Å². The summed E-state index contributed by atoms with van der Waals surface area (Å²) in [6.07, 6.45) is 2.43. The minimum Gasteiger partial charge on any atom is -0.500 e. The lowest BCUT2D eigenvalue weighted by atomic mass is 10.2. The van der Waals surface area contributed by atoms with Crippen molar-refractivity contribution in [3.63, 3.8) is 0 Å². The monoisotopic (exact) mass is 372 g/mol. The Morgan fingerprint density at radius 1 is 1.32 bits per heavy atom. The minimum absolute atomic E-state index is 0.168. The molecule has 0 atom stereocenters. The Kier molecular flexibility index (Phi) is 5.63. The molecule has 0 aliphatic carbocycles. The third-order valence-corrected chi connectivity index (χ3v) is 3.34. The highest BCUT2D eigenvalue weighted by Crippen LogP contribution is 2.31. The Hall–Kier alpha value is -2.61. The molecule has 0 unspecified atom stereocenters. The van der Waals surface area contributed by atoms with Crippen LogP contribution in [0.1, 0.15) is 11.3 Å². The first kappa shape index (κ1) is 18.7. The zero-order valence-corrected chi connectivity index (χ0v) is 14.4. The van der Waals surface area contributed by atoms with Crippen molar-refractivity contribution in [2.45, 2.75) is 12.3 Å². The summed E-state index contributed by atoms with van der Waals surface area (Å²) in [5, 5.41) is 0.177. The second kappa shape index (κ2) is 7.52. The number of carbonyl (C=O) groups excluding carboxylic acids is 1. The zero-order chi connectivity index (χ0) is 18.6. The molecule has 1 heterocycles. The van der Waals surface area contributed by atoms with E-state index in [0.29, 0.717) is 17.0 Å². The molecule has 0 radical (unpaired) electrons. The van der Waals surface area contributed by atoms with Gasteiger partial charge in [0.25, 0.3) is 0 Å². The number of rotatable bonds is 6. The number of aryl methyl sites for hydroxylation is 1. The smallest absolute Gasteiger partial charge is 0.377 e. The average molecular weight is 373 g/mol. The van der Waals surface area contributed by atoms with Gasteiger partial charge in [-0.3, -0.25) is 0 Å². The first-order chi connectivity index (χ1) is 11.8. The molecule has 6 nitrogen and oxygen atoms in total. The number of hydrogen-bond acceptors (Lipinski definition) is 5. The van der Waals surface area contributed by atoms with Crippen molar-refractivity contribution in [3.8, 4) is 11.4 Å². The van der Waals surface area contributed by atoms with Gasteiger partial charge in [0.05, 0.1) is 19.9 Å². The molecule has 134 valence electrons. The van der Waals surface area contributed by atoms with E-state index in [0.717, 1.165) is 12.3 Å². The summed E-state index contributed by atoms with van der Waals surface area (Å²) in [5.74, 6) is -0.589. The zero-order valence-electron chi connectivity index (χ0n) is 13.6. The van der Waals surface area contributed by atoms with Crippen LogP contribution in [0.2, 0.25) is 0 Å². The molecule has 25 heavy (non-hydrogen) atoms. The van der Waals surface area contributed by atoms with Gasteiger partial charge in [0.15, 0.2) is 0 Å². The van der Waals surface area contributed by atoms with Crippen LogP contribution >= 0.6 is 11.6 Å². The van der Waals surface area contributed by atoms with Crippen molar-refractivity contribution in [1.29, 1.82) is 0 Å². The molecule has 2 rings (SSSR count). The molecule has 0 amide bonds. The summed E-state index contributed by atoms with van der Waals surface area (Å²) in [4.78, 5) is 11.7. The molecule has 0 spiro atoms. The fourth-order valence-electron chi connectivity index (χ4n) is 1.90. The second-order valence-electron chi connectivity index (χ2n) is 4.90. The van der Waals surface area contributed by atoms with E-state index < -0.39 is 17.0 Å². The van der Waals surface area contributed by atoms with Gasteiger partial charge in [-0.25, -0.2) is 9.48 Å². The minimum atomic E-state index is -3.56. The van der Waals surface area contributed by atoms with E-state index in [1.165, 1.54) is 31.2 Å². The number of alkyl halides is 3. The third kappa shape index (κ3) is 4.48. The highest BCUT2D eigenvalue weighted by atomic mass is 35.5. The second-order valence-corrected chi connectivity index (χ2v) is 5.38. The lowest BCUT2D eigenvalue weighted by Gasteiger charge is -2.12. The van der Waals surface area contributed by atoms with Gasteiger partial charge in [0, 0.05) is 12.3 Å². The van der Waals surface area contributed by atoms with Crippen molar-refractivity contribution in [1.82, 2.24) is 9.78 Å². The topological polar surface area (TPSA) is 62.6 Å². The number of nitrogens with zero attached hydrogens (tertiary/aromatic N) is 2. The molecule has 1 aromatic heterocycles. The predicted octanol–water partition coefficient (Wildman–Crippen LogP) is 3.51. The molecule has 0 fully saturated rings. The van der Waals surface area contributed by atoms with Gasteiger partial charge in [-0.15, -0.1) is 0 Å². The number of hydrogen-bond donors (Lipinski definition) is 0. The van der Waals surface area contributed by atoms with E-state index in [2.05, 4.69) is 9.84 Å². The maximum Gasteiger partial charge on any atom is 0.377 e. The van der Waals surface area contributed by atoms with Crippen LogP contribution < -0.4 is 4.74 Å². The number of ether oxygens (including phenoxy) is 3. The Bertz CT molecular complexity index is 800. The molecular formula is C16H15ClF2N2O4. The summed E-state index contributed by atoms with van der Waals surface area (Å²) >= 11 is 4.96. The summed E-state index contributed by atoms with van der Waals surface area (Å²) in [5.41, 5.74) is 0.561.